The minimum absolute atomic E-state index is 0.365. The van der Waals surface area contributed by atoms with Crippen molar-refractivity contribution in [2.45, 2.75) is 33.0 Å². The second-order valence-corrected chi connectivity index (χ2v) is 4.10. The van der Waals surface area contributed by atoms with Gasteiger partial charge < -0.3 is 9.73 Å². The van der Waals surface area contributed by atoms with Crippen LogP contribution in [0.2, 0.25) is 0 Å². The van der Waals surface area contributed by atoms with Crippen molar-refractivity contribution in [3.63, 3.8) is 0 Å². The third-order valence-corrected chi connectivity index (χ3v) is 2.43. The fraction of sp³-hybridized carbons (Fsp3) is 0.417. The average Bonchev–Trinajstić information content (AvgIpc) is 2.87. The normalized spacial score (nSPS) is 12.9. The van der Waals surface area contributed by atoms with Gasteiger partial charge in [-0.15, -0.1) is 0 Å². The molecule has 4 heteroatoms. The highest BCUT2D eigenvalue weighted by Gasteiger charge is 2.04. The van der Waals surface area contributed by atoms with Gasteiger partial charge in [-0.1, -0.05) is 0 Å². The minimum atomic E-state index is 0.365. The largest absolute Gasteiger partial charge is 0.468 e. The molecule has 0 unspecified atom stereocenters. The Balaban J connectivity index is 1.78. The molecule has 0 bridgehead atoms. The molecule has 0 aliphatic heterocycles. The number of nitrogens with zero attached hydrogens (tertiary/aromatic N) is 2. The number of aryl methyl sites for hydroxylation is 1. The van der Waals surface area contributed by atoms with Gasteiger partial charge in [0.05, 0.1) is 25.5 Å². The Hall–Kier alpha value is -1.55. The Morgan fingerprint density at radius 1 is 1.56 bits per heavy atom. The van der Waals surface area contributed by atoms with Crippen LogP contribution >= 0.6 is 0 Å². The zero-order valence-electron chi connectivity index (χ0n) is 9.68. The summed E-state index contributed by atoms with van der Waals surface area (Å²) in [5, 5.41) is 7.64. The summed E-state index contributed by atoms with van der Waals surface area (Å²) in [5.41, 5.74) is 1.19. The maximum atomic E-state index is 5.25. The van der Waals surface area contributed by atoms with Gasteiger partial charge in [0.15, 0.2) is 0 Å². The molecule has 16 heavy (non-hydrogen) atoms. The number of aromatic nitrogens is 2. The molecular weight excluding hydrogens is 202 g/mol. The van der Waals surface area contributed by atoms with Gasteiger partial charge in [-0.2, -0.15) is 5.10 Å². The van der Waals surface area contributed by atoms with Crippen LogP contribution in [0, 0.1) is 6.92 Å². The van der Waals surface area contributed by atoms with E-state index in [1.165, 1.54) is 5.56 Å². The number of hydrogen-bond acceptors (Lipinski definition) is 3. The summed E-state index contributed by atoms with van der Waals surface area (Å²) in [7, 11) is 0. The molecule has 1 N–H and O–H groups in total. The van der Waals surface area contributed by atoms with Crippen molar-refractivity contribution < 1.29 is 4.42 Å². The van der Waals surface area contributed by atoms with Crippen molar-refractivity contribution in [3.05, 3.63) is 42.1 Å². The monoisotopic (exact) mass is 219 g/mol. The van der Waals surface area contributed by atoms with E-state index in [4.69, 9.17) is 4.42 Å². The lowest BCUT2D eigenvalue weighted by molar-refractivity contribution is 0.415. The summed E-state index contributed by atoms with van der Waals surface area (Å²) in [4.78, 5) is 0. The molecule has 2 heterocycles. The van der Waals surface area contributed by atoms with Crippen LogP contribution in [-0.4, -0.2) is 15.8 Å². The molecule has 2 aromatic rings. The first-order valence-corrected chi connectivity index (χ1v) is 5.49. The predicted molar refractivity (Wildman–Crippen MR) is 62.0 cm³/mol. The minimum Gasteiger partial charge on any atom is -0.468 e. The van der Waals surface area contributed by atoms with E-state index in [1.54, 1.807) is 6.26 Å². The number of rotatable bonds is 5. The van der Waals surface area contributed by atoms with Crippen LogP contribution in [0.15, 0.2) is 35.2 Å². The third kappa shape index (κ3) is 2.97. The molecule has 0 saturated heterocycles. The first-order valence-electron chi connectivity index (χ1n) is 5.49. The molecule has 0 aliphatic rings. The van der Waals surface area contributed by atoms with E-state index in [-0.39, 0.29) is 0 Å². The Bertz CT molecular complexity index is 419. The van der Waals surface area contributed by atoms with Crippen LogP contribution < -0.4 is 5.32 Å². The van der Waals surface area contributed by atoms with Crippen LogP contribution in [0.3, 0.4) is 0 Å². The lowest BCUT2D eigenvalue weighted by atomic mass is 10.3. The molecule has 0 aromatic carbocycles. The molecule has 0 aliphatic carbocycles. The van der Waals surface area contributed by atoms with Crippen molar-refractivity contribution in [3.8, 4) is 0 Å². The number of furan rings is 1. The Labute approximate surface area is 95.3 Å². The molecule has 86 valence electrons. The molecule has 0 amide bonds. The highest BCUT2D eigenvalue weighted by Crippen LogP contribution is 2.01. The van der Waals surface area contributed by atoms with Crippen LogP contribution in [0.1, 0.15) is 18.2 Å². The highest BCUT2D eigenvalue weighted by atomic mass is 16.3. The van der Waals surface area contributed by atoms with Crippen molar-refractivity contribution in [2.75, 3.05) is 0 Å². The first kappa shape index (κ1) is 11.0. The molecule has 0 saturated carbocycles. The maximum Gasteiger partial charge on any atom is 0.117 e. The summed E-state index contributed by atoms with van der Waals surface area (Å²) >= 11 is 0. The first-order chi connectivity index (χ1) is 7.74. The van der Waals surface area contributed by atoms with Crippen molar-refractivity contribution in [1.82, 2.24) is 15.1 Å². The van der Waals surface area contributed by atoms with Gasteiger partial charge in [0, 0.05) is 12.2 Å². The Morgan fingerprint density at radius 2 is 2.44 bits per heavy atom. The summed E-state index contributed by atoms with van der Waals surface area (Å²) in [6.45, 7) is 5.81. The van der Waals surface area contributed by atoms with Gasteiger partial charge in [0.25, 0.3) is 0 Å². The molecule has 1 atom stereocenters. The molecule has 2 aromatic heterocycles. The van der Waals surface area contributed by atoms with Gasteiger partial charge in [0.1, 0.15) is 5.76 Å². The van der Waals surface area contributed by atoms with Crippen LogP contribution in [-0.2, 0) is 13.1 Å². The zero-order valence-corrected chi connectivity index (χ0v) is 9.68. The van der Waals surface area contributed by atoms with Gasteiger partial charge in [-0.3, -0.25) is 4.68 Å². The van der Waals surface area contributed by atoms with Gasteiger partial charge >= 0.3 is 0 Å². The topological polar surface area (TPSA) is 43.0 Å². The highest BCUT2D eigenvalue weighted by molar-refractivity contribution is 5.00. The van der Waals surface area contributed by atoms with Gasteiger partial charge in [0.2, 0.25) is 0 Å². The number of hydrogen-bond donors (Lipinski definition) is 1. The van der Waals surface area contributed by atoms with E-state index >= 15 is 0 Å². The average molecular weight is 219 g/mol. The van der Waals surface area contributed by atoms with E-state index in [2.05, 4.69) is 17.3 Å². The maximum absolute atomic E-state index is 5.25. The van der Waals surface area contributed by atoms with E-state index in [1.807, 2.05) is 36.1 Å². The summed E-state index contributed by atoms with van der Waals surface area (Å²) in [5.74, 6) is 0.962. The SMILES string of the molecule is Cc1cnn(C[C@@H](C)NCc2ccco2)c1. The standard InChI is InChI=1S/C12H17N3O/c1-10-6-14-15(8-10)9-11(2)13-7-12-4-3-5-16-12/h3-6,8,11,13H,7,9H2,1-2H3/t11-/m1/s1. The van der Waals surface area contributed by atoms with Crippen molar-refractivity contribution >= 4 is 0 Å². The predicted octanol–water partition coefficient (Wildman–Crippen LogP) is 1.96. The van der Waals surface area contributed by atoms with Crippen molar-refractivity contribution in [2.24, 2.45) is 0 Å². The summed E-state index contributed by atoms with van der Waals surface area (Å²) in [6.07, 6.45) is 5.61. The quantitative estimate of drug-likeness (QED) is 0.836. The second kappa shape index (κ2) is 4.99. The van der Waals surface area contributed by atoms with E-state index in [0.717, 1.165) is 18.8 Å². The Morgan fingerprint density at radius 3 is 3.06 bits per heavy atom. The molecule has 2 rings (SSSR count). The van der Waals surface area contributed by atoms with E-state index < -0.39 is 0 Å². The molecule has 4 nitrogen and oxygen atoms in total. The smallest absolute Gasteiger partial charge is 0.117 e. The van der Waals surface area contributed by atoms with E-state index in [0.29, 0.717) is 6.04 Å². The van der Waals surface area contributed by atoms with Crippen LogP contribution in [0.4, 0.5) is 0 Å². The van der Waals surface area contributed by atoms with Crippen LogP contribution in [0.5, 0.6) is 0 Å². The van der Waals surface area contributed by atoms with E-state index in [9.17, 15) is 0 Å². The lowest BCUT2D eigenvalue weighted by Gasteiger charge is -2.12. The van der Waals surface area contributed by atoms with Gasteiger partial charge in [-0.05, 0) is 31.5 Å². The second-order valence-electron chi connectivity index (χ2n) is 4.10. The lowest BCUT2D eigenvalue weighted by Crippen LogP contribution is -2.29. The summed E-state index contributed by atoms with van der Waals surface area (Å²) < 4.78 is 7.21. The number of nitrogens with one attached hydrogen (secondary N) is 1. The fourth-order valence-corrected chi connectivity index (χ4v) is 1.60. The summed E-state index contributed by atoms with van der Waals surface area (Å²) in [6, 6.07) is 4.24. The van der Waals surface area contributed by atoms with Crippen LogP contribution in [0.25, 0.3) is 0 Å². The molecular formula is C12H17N3O. The molecule has 0 fully saturated rings. The molecule has 0 spiro atoms. The Kier molecular flexibility index (Phi) is 3.41. The molecule has 0 radical (unpaired) electrons. The van der Waals surface area contributed by atoms with Crippen molar-refractivity contribution in [1.29, 1.82) is 0 Å². The third-order valence-electron chi connectivity index (χ3n) is 2.43. The van der Waals surface area contributed by atoms with Gasteiger partial charge in [-0.25, -0.2) is 0 Å². The zero-order chi connectivity index (χ0) is 11.4. The fourth-order valence-electron chi connectivity index (χ4n) is 1.60.